The average Bonchev–Trinajstić information content (AvgIpc) is 2.24. The minimum atomic E-state index is 0.550. The van der Waals surface area contributed by atoms with Crippen LogP contribution in [0.15, 0.2) is 18.3 Å². The maximum absolute atomic E-state index is 8.51. The van der Waals surface area contributed by atoms with E-state index in [0.717, 1.165) is 25.3 Å². The van der Waals surface area contributed by atoms with Crippen LogP contribution in [0.2, 0.25) is 5.02 Å². The minimum Gasteiger partial charge on any atom is -0.297 e. The van der Waals surface area contributed by atoms with E-state index >= 15 is 0 Å². The van der Waals surface area contributed by atoms with Crippen molar-refractivity contribution in [2.45, 2.75) is 19.9 Å². The predicted octanol–water partition coefficient (Wildman–Crippen LogP) is 2.47. The number of hydrogen-bond donors (Lipinski definition) is 0. The van der Waals surface area contributed by atoms with E-state index in [4.69, 9.17) is 16.9 Å². The second-order valence-electron chi connectivity index (χ2n) is 3.24. The van der Waals surface area contributed by atoms with E-state index in [1.54, 1.807) is 12.3 Å². The molecular formula is C11H14ClN3. The quantitative estimate of drug-likeness (QED) is 0.770. The van der Waals surface area contributed by atoms with Crippen molar-refractivity contribution in [1.29, 1.82) is 5.26 Å². The van der Waals surface area contributed by atoms with Gasteiger partial charge in [-0.2, -0.15) is 5.26 Å². The molecule has 0 unspecified atom stereocenters. The molecule has 0 bridgehead atoms. The molecule has 0 aromatic carbocycles. The van der Waals surface area contributed by atoms with Gasteiger partial charge in [-0.25, -0.2) is 0 Å². The monoisotopic (exact) mass is 223 g/mol. The van der Waals surface area contributed by atoms with Crippen molar-refractivity contribution in [2.75, 3.05) is 13.1 Å². The third kappa shape index (κ3) is 4.28. The van der Waals surface area contributed by atoms with Gasteiger partial charge in [0.2, 0.25) is 0 Å². The summed E-state index contributed by atoms with van der Waals surface area (Å²) in [5.74, 6) is 0. The molecule has 1 heterocycles. The molecule has 80 valence electrons. The van der Waals surface area contributed by atoms with E-state index in [1.807, 2.05) is 6.07 Å². The van der Waals surface area contributed by atoms with E-state index in [0.29, 0.717) is 11.4 Å². The van der Waals surface area contributed by atoms with E-state index < -0.39 is 0 Å². The summed E-state index contributed by atoms with van der Waals surface area (Å²) in [5, 5.41) is 9.21. The molecule has 0 aliphatic carbocycles. The van der Waals surface area contributed by atoms with Gasteiger partial charge in [-0.3, -0.25) is 9.88 Å². The Morgan fingerprint density at radius 2 is 2.40 bits per heavy atom. The van der Waals surface area contributed by atoms with Gasteiger partial charge in [0.15, 0.2) is 0 Å². The van der Waals surface area contributed by atoms with Crippen LogP contribution in [0.5, 0.6) is 0 Å². The normalized spacial score (nSPS) is 10.3. The number of pyridine rings is 1. The Kier molecular flexibility index (Phi) is 5.09. The topological polar surface area (TPSA) is 39.9 Å². The highest BCUT2D eigenvalue weighted by molar-refractivity contribution is 6.30. The Bertz CT molecular complexity index is 346. The standard InChI is InChI=1S/C11H14ClN3/c1-2-15(7-3-5-13)9-11-8-10(12)4-6-14-11/h4,6,8H,2-3,7,9H2,1H3. The molecule has 1 rings (SSSR count). The summed E-state index contributed by atoms with van der Waals surface area (Å²) in [7, 11) is 0. The van der Waals surface area contributed by atoms with Crippen LogP contribution in [-0.2, 0) is 6.54 Å². The zero-order valence-corrected chi connectivity index (χ0v) is 9.54. The molecule has 0 spiro atoms. The van der Waals surface area contributed by atoms with Gasteiger partial charge in [-0.05, 0) is 18.7 Å². The molecule has 0 radical (unpaired) electrons. The molecule has 0 fully saturated rings. The number of halogens is 1. The largest absolute Gasteiger partial charge is 0.297 e. The molecular weight excluding hydrogens is 210 g/mol. The Labute approximate surface area is 95.3 Å². The fraction of sp³-hybridized carbons (Fsp3) is 0.455. The molecule has 0 saturated heterocycles. The number of aromatic nitrogens is 1. The van der Waals surface area contributed by atoms with Crippen LogP contribution in [0.25, 0.3) is 0 Å². The van der Waals surface area contributed by atoms with Gasteiger partial charge in [0.05, 0.1) is 11.8 Å². The van der Waals surface area contributed by atoms with Crippen molar-refractivity contribution < 1.29 is 0 Å². The summed E-state index contributed by atoms with van der Waals surface area (Å²) in [6.45, 7) is 4.51. The molecule has 1 aromatic heterocycles. The maximum Gasteiger partial charge on any atom is 0.0635 e. The molecule has 0 saturated carbocycles. The van der Waals surface area contributed by atoms with Crippen molar-refractivity contribution in [3.8, 4) is 6.07 Å². The van der Waals surface area contributed by atoms with Gasteiger partial charge in [0.25, 0.3) is 0 Å². The first-order valence-corrected chi connectivity index (χ1v) is 5.33. The Hall–Kier alpha value is -1.11. The number of nitriles is 1. The Balaban J connectivity index is 2.55. The molecule has 1 aromatic rings. The number of nitrogens with zero attached hydrogens (tertiary/aromatic N) is 3. The van der Waals surface area contributed by atoms with Gasteiger partial charge in [-0.15, -0.1) is 0 Å². The summed E-state index contributed by atoms with van der Waals surface area (Å²) in [4.78, 5) is 6.39. The maximum atomic E-state index is 8.51. The number of hydrogen-bond acceptors (Lipinski definition) is 3. The Morgan fingerprint density at radius 1 is 1.60 bits per heavy atom. The molecule has 3 nitrogen and oxygen atoms in total. The van der Waals surface area contributed by atoms with E-state index in [9.17, 15) is 0 Å². The summed E-state index contributed by atoms with van der Waals surface area (Å²) < 4.78 is 0. The molecule has 0 N–H and O–H groups in total. The first kappa shape index (κ1) is 12.0. The van der Waals surface area contributed by atoms with E-state index in [1.165, 1.54) is 0 Å². The van der Waals surface area contributed by atoms with Crippen LogP contribution >= 0.6 is 11.6 Å². The van der Waals surface area contributed by atoms with Crippen molar-refractivity contribution in [1.82, 2.24) is 9.88 Å². The van der Waals surface area contributed by atoms with Crippen LogP contribution in [0, 0.1) is 11.3 Å². The summed E-state index contributed by atoms with van der Waals surface area (Å²) >= 11 is 5.86. The molecule has 0 atom stereocenters. The third-order valence-electron chi connectivity index (χ3n) is 2.15. The van der Waals surface area contributed by atoms with Gasteiger partial charge < -0.3 is 0 Å². The van der Waals surface area contributed by atoms with Gasteiger partial charge in [0.1, 0.15) is 0 Å². The van der Waals surface area contributed by atoms with Crippen LogP contribution in [0.1, 0.15) is 19.0 Å². The second kappa shape index (κ2) is 6.39. The fourth-order valence-electron chi connectivity index (χ4n) is 1.32. The molecule has 0 amide bonds. The van der Waals surface area contributed by atoms with Crippen LogP contribution < -0.4 is 0 Å². The number of rotatable bonds is 5. The smallest absolute Gasteiger partial charge is 0.0635 e. The second-order valence-corrected chi connectivity index (χ2v) is 3.68. The van der Waals surface area contributed by atoms with Gasteiger partial charge in [0, 0.05) is 30.7 Å². The van der Waals surface area contributed by atoms with Crippen molar-refractivity contribution in [3.05, 3.63) is 29.0 Å². The summed E-state index contributed by atoms with van der Waals surface area (Å²) in [5.41, 5.74) is 0.947. The van der Waals surface area contributed by atoms with Gasteiger partial charge in [-0.1, -0.05) is 18.5 Å². The first-order chi connectivity index (χ1) is 7.26. The zero-order valence-electron chi connectivity index (χ0n) is 8.78. The first-order valence-electron chi connectivity index (χ1n) is 4.96. The summed E-state index contributed by atoms with van der Waals surface area (Å²) in [6, 6.07) is 5.76. The van der Waals surface area contributed by atoms with E-state index in [-0.39, 0.29) is 0 Å². The van der Waals surface area contributed by atoms with Crippen molar-refractivity contribution in [2.24, 2.45) is 0 Å². The Morgan fingerprint density at radius 3 is 3.00 bits per heavy atom. The van der Waals surface area contributed by atoms with Crippen LogP contribution in [0.4, 0.5) is 0 Å². The van der Waals surface area contributed by atoms with Crippen molar-refractivity contribution in [3.63, 3.8) is 0 Å². The lowest BCUT2D eigenvalue weighted by molar-refractivity contribution is 0.283. The average molecular weight is 224 g/mol. The van der Waals surface area contributed by atoms with Crippen LogP contribution in [0.3, 0.4) is 0 Å². The highest BCUT2D eigenvalue weighted by Gasteiger charge is 2.04. The molecule has 0 aliphatic heterocycles. The highest BCUT2D eigenvalue weighted by atomic mass is 35.5. The van der Waals surface area contributed by atoms with E-state index in [2.05, 4.69) is 22.9 Å². The SMILES string of the molecule is CCN(CCC#N)Cc1cc(Cl)ccn1. The predicted molar refractivity (Wildman–Crippen MR) is 60.4 cm³/mol. The molecule has 4 heteroatoms. The lowest BCUT2D eigenvalue weighted by Crippen LogP contribution is -2.24. The fourth-order valence-corrected chi connectivity index (χ4v) is 1.50. The molecule has 15 heavy (non-hydrogen) atoms. The van der Waals surface area contributed by atoms with Gasteiger partial charge >= 0.3 is 0 Å². The lowest BCUT2D eigenvalue weighted by Gasteiger charge is -2.18. The van der Waals surface area contributed by atoms with Crippen LogP contribution in [-0.4, -0.2) is 23.0 Å². The van der Waals surface area contributed by atoms with Crippen molar-refractivity contribution >= 4 is 11.6 Å². The third-order valence-corrected chi connectivity index (χ3v) is 2.39. The minimum absolute atomic E-state index is 0.550. The zero-order chi connectivity index (χ0) is 11.1. The molecule has 0 aliphatic rings. The lowest BCUT2D eigenvalue weighted by atomic mass is 10.3. The summed E-state index contributed by atoms with van der Waals surface area (Å²) in [6.07, 6.45) is 2.25. The highest BCUT2D eigenvalue weighted by Crippen LogP contribution is 2.10.